The molecule has 0 aliphatic rings. The van der Waals surface area contributed by atoms with Gasteiger partial charge in [0.2, 0.25) is 0 Å². The van der Waals surface area contributed by atoms with Crippen LogP contribution in [0.2, 0.25) is 0 Å². The fourth-order valence-electron chi connectivity index (χ4n) is 1.44. The van der Waals surface area contributed by atoms with E-state index < -0.39 is 0 Å². The molecule has 68 valence electrons. The molecule has 0 saturated heterocycles. The van der Waals surface area contributed by atoms with Gasteiger partial charge in [-0.15, -0.1) is 11.3 Å². The van der Waals surface area contributed by atoms with Crippen molar-refractivity contribution in [3.8, 4) is 0 Å². The van der Waals surface area contributed by atoms with Gasteiger partial charge in [0.05, 0.1) is 0 Å². The van der Waals surface area contributed by atoms with Crippen molar-refractivity contribution in [2.24, 2.45) is 0 Å². The van der Waals surface area contributed by atoms with Gasteiger partial charge in [0.15, 0.2) is 0 Å². The van der Waals surface area contributed by atoms with Crippen molar-refractivity contribution in [3.05, 3.63) is 34.7 Å². The molecule has 0 bridgehead atoms. The molecule has 0 aliphatic carbocycles. The Bertz CT molecular complexity index is 424. The number of hydrogen-bond acceptors (Lipinski definition) is 1. The van der Waals surface area contributed by atoms with Crippen molar-refractivity contribution in [2.75, 3.05) is 0 Å². The topological polar surface area (TPSA) is 0 Å². The predicted molar refractivity (Wildman–Crippen MR) is 60.7 cm³/mol. The van der Waals surface area contributed by atoms with Gasteiger partial charge in [0.25, 0.3) is 0 Å². The lowest BCUT2D eigenvalue weighted by Gasteiger charge is -1.96. The maximum absolute atomic E-state index is 2.31. The van der Waals surface area contributed by atoms with Crippen molar-refractivity contribution in [1.29, 1.82) is 0 Å². The number of thiophene rings is 1. The van der Waals surface area contributed by atoms with Crippen molar-refractivity contribution >= 4 is 21.4 Å². The maximum Gasteiger partial charge on any atom is 0.0348 e. The molecule has 13 heavy (non-hydrogen) atoms. The predicted octanol–water partition coefficient (Wildman–Crippen LogP) is 4.33. The Morgan fingerprint density at radius 2 is 1.92 bits per heavy atom. The van der Waals surface area contributed by atoms with E-state index in [1.54, 1.807) is 0 Å². The molecular formula is C12H14S. The van der Waals surface area contributed by atoms with Crippen LogP contribution in [0, 0.1) is 6.92 Å². The molecule has 0 aliphatic heterocycles. The summed E-state index contributed by atoms with van der Waals surface area (Å²) >= 11 is 1.92. The SMILES string of the molecule is Cc1ccc2cc(C(C)C)sc2c1. The largest absolute Gasteiger partial charge is 0.140 e. The molecule has 1 aromatic carbocycles. The summed E-state index contributed by atoms with van der Waals surface area (Å²) in [5.41, 5.74) is 1.35. The summed E-state index contributed by atoms with van der Waals surface area (Å²) in [4.78, 5) is 1.49. The normalized spacial score (nSPS) is 11.4. The van der Waals surface area contributed by atoms with E-state index in [0.29, 0.717) is 5.92 Å². The van der Waals surface area contributed by atoms with Crippen molar-refractivity contribution < 1.29 is 0 Å². The first kappa shape index (κ1) is 8.76. The van der Waals surface area contributed by atoms with Gasteiger partial charge < -0.3 is 0 Å². The third-order valence-corrected chi connectivity index (χ3v) is 3.66. The number of benzene rings is 1. The molecule has 0 radical (unpaired) electrons. The lowest BCUT2D eigenvalue weighted by atomic mass is 10.1. The molecule has 1 heterocycles. The van der Waals surface area contributed by atoms with Gasteiger partial charge in [-0.1, -0.05) is 26.0 Å². The van der Waals surface area contributed by atoms with Crippen LogP contribution in [0.5, 0.6) is 0 Å². The summed E-state index contributed by atoms with van der Waals surface area (Å²) in [6, 6.07) is 8.97. The Morgan fingerprint density at radius 1 is 1.15 bits per heavy atom. The molecule has 1 aromatic heterocycles. The van der Waals surface area contributed by atoms with E-state index in [0.717, 1.165) is 0 Å². The number of rotatable bonds is 1. The van der Waals surface area contributed by atoms with Crippen LogP contribution in [0.25, 0.3) is 10.1 Å². The minimum absolute atomic E-state index is 0.651. The molecule has 0 unspecified atom stereocenters. The van der Waals surface area contributed by atoms with Crippen molar-refractivity contribution in [1.82, 2.24) is 0 Å². The summed E-state index contributed by atoms with van der Waals surface area (Å²) in [5, 5.41) is 1.39. The minimum atomic E-state index is 0.651. The van der Waals surface area contributed by atoms with Gasteiger partial charge in [-0.3, -0.25) is 0 Å². The molecule has 0 spiro atoms. The van der Waals surface area contributed by atoms with Gasteiger partial charge in [0, 0.05) is 9.58 Å². The van der Waals surface area contributed by atoms with Crippen LogP contribution in [0.1, 0.15) is 30.2 Å². The van der Waals surface area contributed by atoms with Gasteiger partial charge in [-0.2, -0.15) is 0 Å². The molecule has 0 saturated carbocycles. The third kappa shape index (κ3) is 1.61. The second kappa shape index (κ2) is 3.15. The van der Waals surface area contributed by atoms with E-state index in [-0.39, 0.29) is 0 Å². The number of aryl methyl sites for hydroxylation is 1. The van der Waals surface area contributed by atoms with Crippen LogP contribution in [0.3, 0.4) is 0 Å². The first-order chi connectivity index (χ1) is 6.16. The minimum Gasteiger partial charge on any atom is -0.140 e. The van der Waals surface area contributed by atoms with E-state index in [9.17, 15) is 0 Å². The van der Waals surface area contributed by atoms with Gasteiger partial charge in [-0.05, 0) is 35.9 Å². The highest BCUT2D eigenvalue weighted by molar-refractivity contribution is 7.19. The number of fused-ring (bicyclic) bond motifs is 1. The van der Waals surface area contributed by atoms with Crippen molar-refractivity contribution in [3.63, 3.8) is 0 Å². The fourth-order valence-corrected chi connectivity index (χ4v) is 2.61. The molecule has 0 nitrogen and oxygen atoms in total. The van der Waals surface area contributed by atoms with E-state index in [4.69, 9.17) is 0 Å². The molecule has 0 N–H and O–H groups in total. The Labute approximate surface area is 83.2 Å². The monoisotopic (exact) mass is 190 g/mol. The lowest BCUT2D eigenvalue weighted by Crippen LogP contribution is -1.77. The van der Waals surface area contributed by atoms with Crippen LogP contribution in [0.15, 0.2) is 24.3 Å². The molecule has 0 fully saturated rings. The summed E-state index contributed by atoms with van der Waals surface area (Å²) in [6.45, 7) is 6.64. The Balaban J connectivity index is 2.62. The second-order valence-electron chi connectivity index (χ2n) is 3.84. The van der Waals surface area contributed by atoms with Gasteiger partial charge in [0.1, 0.15) is 0 Å². The molecule has 0 amide bonds. The van der Waals surface area contributed by atoms with E-state index in [1.165, 1.54) is 20.5 Å². The van der Waals surface area contributed by atoms with Gasteiger partial charge in [-0.25, -0.2) is 0 Å². The summed E-state index contributed by atoms with van der Waals surface area (Å²) in [5.74, 6) is 0.651. The second-order valence-corrected chi connectivity index (χ2v) is 4.96. The van der Waals surface area contributed by atoms with Crippen LogP contribution in [-0.4, -0.2) is 0 Å². The smallest absolute Gasteiger partial charge is 0.0348 e. The summed E-state index contributed by atoms with van der Waals surface area (Å²) in [7, 11) is 0. The zero-order valence-corrected chi connectivity index (χ0v) is 9.11. The Hall–Kier alpha value is -0.820. The highest BCUT2D eigenvalue weighted by atomic mass is 32.1. The fraction of sp³-hybridized carbons (Fsp3) is 0.333. The third-order valence-electron chi connectivity index (χ3n) is 2.26. The van der Waals surface area contributed by atoms with E-state index in [2.05, 4.69) is 45.0 Å². The van der Waals surface area contributed by atoms with Crippen LogP contribution in [0.4, 0.5) is 0 Å². The summed E-state index contributed by atoms with van der Waals surface area (Å²) in [6.07, 6.45) is 0. The highest BCUT2D eigenvalue weighted by Gasteiger charge is 2.04. The molecule has 0 atom stereocenters. The molecule has 2 rings (SSSR count). The van der Waals surface area contributed by atoms with Crippen LogP contribution >= 0.6 is 11.3 Å². The van der Waals surface area contributed by atoms with E-state index in [1.807, 2.05) is 11.3 Å². The molecule has 1 heteroatoms. The standard InChI is InChI=1S/C12H14S/c1-8(2)11-7-10-5-4-9(3)6-12(10)13-11/h4-8H,1-3H3. The highest BCUT2D eigenvalue weighted by Crippen LogP contribution is 2.30. The van der Waals surface area contributed by atoms with E-state index >= 15 is 0 Å². The maximum atomic E-state index is 2.31. The molecular weight excluding hydrogens is 176 g/mol. The average Bonchev–Trinajstić information content (AvgIpc) is 2.46. The first-order valence-corrected chi connectivity index (χ1v) is 5.48. The quantitative estimate of drug-likeness (QED) is 0.627. The zero-order chi connectivity index (χ0) is 9.42. The van der Waals surface area contributed by atoms with Gasteiger partial charge >= 0.3 is 0 Å². The summed E-state index contributed by atoms with van der Waals surface area (Å²) < 4.78 is 1.42. The number of hydrogen-bond donors (Lipinski definition) is 0. The Morgan fingerprint density at radius 3 is 2.62 bits per heavy atom. The zero-order valence-electron chi connectivity index (χ0n) is 8.29. The molecule has 2 aromatic rings. The average molecular weight is 190 g/mol. The van der Waals surface area contributed by atoms with Crippen LogP contribution in [-0.2, 0) is 0 Å². The first-order valence-electron chi connectivity index (χ1n) is 4.67. The van der Waals surface area contributed by atoms with Crippen LogP contribution < -0.4 is 0 Å². The lowest BCUT2D eigenvalue weighted by molar-refractivity contribution is 0.890. The van der Waals surface area contributed by atoms with Crippen molar-refractivity contribution in [2.45, 2.75) is 26.7 Å². The Kier molecular flexibility index (Phi) is 2.12.